The normalized spacial score (nSPS) is 11.5. The average Bonchev–Trinajstić information content (AvgIpc) is 3.85. The van der Waals surface area contributed by atoms with Gasteiger partial charge in [0.15, 0.2) is 5.76 Å². The molecule has 276 valence electrons. The number of sulfonamides is 1. The number of carbonyl (C=O) groups excluding carboxylic acids is 2. The largest absolute Gasteiger partial charge is 0.494 e. The van der Waals surface area contributed by atoms with Crippen LogP contribution < -0.4 is 20.2 Å². The number of nitrogens with zero attached hydrogens (tertiary/aromatic N) is 3. The third-order valence-electron chi connectivity index (χ3n) is 8.76. The van der Waals surface area contributed by atoms with Crippen molar-refractivity contribution in [2.75, 3.05) is 19.1 Å². The van der Waals surface area contributed by atoms with E-state index in [9.17, 15) is 18.0 Å². The van der Waals surface area contributed by atoms with E-state index < -0.39 is 26.9 Å². The molecule has 13 nitrogen and oxygen atoms in total. The summed E-state index contributed by atoms with van der Waals surface area (Å²) in [5.41, 5.74) is 9.54. The summed E-state index contributed by atoms with van der Waals surface area (Å²) in [7, 11) is -2.81. The van der Waals surface area contributed by atoms with Crippen LogP contribution in [-0.4, -0.2) is 53.7 Å². The van der Waals surface area contributed by atoms with Crippen LogP contribution in [0.15, 0.2) is 70.4 Å². The SMILES string of the molecule is CNn1nc(C)c(-c2c(Cl)ccc3c(CCCOc4cc(C)c(Cl)c(C)c4)c(C(=O)NS(=O)(=O)c4ccc(C(=O)NCc5ccncc5)o4)[nH]c23)c1C. The molecule has 6 rings (SSSR count). The lowest BCUT2D eigenvalue weighted by atomic mass is 9.98. The van der Waals surface area contributed by atoms with E-state index in [0.29, 0.717) is 63.0 Å². The Hall–Kier alpha value is -5.31. The van der Waals surface area contributed by atoms with Crippen molar-refractivity contribution in [2.24, 2.45) is 0 Å². The summed E-state index contributed by atoms with van der Waals surface area (Å²) in [4.78, 5) is 35.4. The molecule has 0 bridgehead atoms. The van der Waals surface area contributed by atoms with E-state index in [2.05, 4.69) is 30.5 Å². The zero-order valence-corrected chi connectivity index (χ0v) is 31.9. The molecule has 4 aromatic heterocycles. The van der Waals surface area contributed by atoms with Crippen LogP contribution in [0.3, 0.4) is 0 Å². The number of amides is 2. The van der Waals surface area contributed by atoms with Gasteiger partial charge in [-0.2, -0.15) is 18.3 Å². The highest BCUT2D eigenvalue weighted by Crippen LogP contribution is 2.40. The Kier molecular flexibility index (Phi) is 10.8. The number of pyridine rings is 1. The molecule has 0 saturated carbocycles. The molecule has 0 fully saturated rings. The Bertz CT molecular complexity index is 2430. The third kappa shape index (κ3) is 7.75. The van der Waals surface area contributed by atoms with Crippen molar-refractivity contribution >= 4 is 55.9 Å². The van der Waals surface area contributed by atoms with Crippen molar-refractivity contribution in [1.82, 2.24) is 29.9 Å². The minimum Gasteiger partial charge on any atom is -0.494 e. The summed E-state index contributed by atoms with van der Waals surface area (Å²) in [6.07, 6.45) is 3.99. The van der Waals surface area contributed by atoms with Crippen LogP contribution in [0.4, 0.5) is 0 Å². The first-order valence-corrected chi connectivity index (χ1v) is 18.8. The molecule has 0 radical (unpaired) electrons. The number of aromatic nitrogens is 4. The van der Waals surface area contributed by atoms with Gasteiger partial charge in [0, 0.05) is 47.5 Å². The van der Waals surface area contributed by atoms with Gasteiger partial charge in [0.2, 0.25) is 5.09 Å². The number of benzene rings is 2. The smallest absolute Gasteiger partial charge is 0.297 e. The number of aromatic amines is 1. The quantitative estimate of drug-likeness (QED) is 0.0921. The standard InChI is InChI=1S/C37H37Cl2N7O6S/c1-20-17-25(18-21(2)33(20)39)51-16-6-7-26-27-8-9-28(38)32(31-22(3)44-46(40-5)23(31)4)34(27)43-35(26)37(48)45-53(49,50)30-11-10-29(52-30)36(47)42-19-24-12-14-41-15-13-24/h8-15,17-18,40,43H,6-7,16,19H2,1-5H3,(H,42,47)(H,45,48). The van der Waals surface area contributed by atoms with Crippen molar-refractivity contribution in [3.8, 4) is 16.9 Å². The lowest BCUT2D eigenvalue weighted by Gasteiger charge is -2.11. The van der Waals surface area contributed by atoms with Gasteiger partial charge < -0.3 is 24.9 Å². The maximum Gasteiger partial charge on any atom is 0.297 e. The molecule has 2 aromatic carbocycles. The van der Waals surface area contributed by atoms with E-state index in [-0.39, 0.29) is 18.0 Å². The number of aryl methyl sites for hydroxylation is 4. The molecule has 0 spiro atoms. The van der Waals surface area contributed by atoms with Gasteiger partial charge in [-0.3, -0.25) is 14.6 Å². The number of hydrogen-bond acceptors (Lipinski definition) is 9. The Labute approximate surface area is 316 Å². The van der Waals surface area contributed by atoms with E-state index in [1.54, 1.807) is 48.5 Å². The maximum absolute atomic E-state index is 14.0. The fraction of sp³-hybridized carbons (Fsp3) is 0.243. The van der Waals surface area contributed by atoms with Gasteiger partial charge in [0.25, 0.3) is 21.8 Å². The van der Waals surface area contributed by atoms with Gasteiger partial charge in [-0.25, -0.2) is 4.72 Å². The summed E-state index contributed by atoms with van der Waals surface area (Å²) in [5, 5.41) is 8.38. The van der Waals surface area contributed by atoms with Gasteiger partial charge in [-0.1, -0.05) is 29.3 Å². The predicted octanol–water partition coefficient (Wildman–Crippen LogP) is 6.79. The van der Waals surface area contributed by atoms with Gasteiger partial charge in [-0.05, 0) is 105 Å². The first-order chi connectivity index (χ1) is 25.3. The summed E-state index contributed by atoms with van der Waals surface area (Å²) in [5.74, 6) is -1.13. The Morgan fingerprint density at radius 1 is 0.962 bits per heavy atom. The minimum absolute atomic E-state index is 0.0171. The Morgan fingerprint density at radius 2 is 1.68 bits per heavy atom. The van der Waals surface area contributed by atoms with Gasteiger partial charge in [0.1, 0.15) is 11.4 Å². The summed E-state index contributed by atoms with van der Waals surface area (Å²) in [6, 6.07) is 13.1. The molecular weight excluding hydrogens is 741 g/mol. The molecule has 4 heterocycles. The molecule has 0 atom stereocenters. The van der Waals surface area contributed by atoms with Crippen molar-refractivity contribution in [3.63, 3.8) is 0 Å². The van der Waals surface area contributed by atoms with Gasteiger partial charge in [0.05, 0.1) is 28.5 Å². The van der Waals surface area contributed by atoms with Crippen molar-refractivity contribution in [2.45, 2.75) is 52.2 Å². The molecule has 6 aromatic rings. The number of hydrogen-bond donors (Lipinski definition) is 4. The molecule has 2 amide bonds. The van der Waals surface area contributed by atoms with E-state index in [4.69, 9.17) is 32.4 Å². The second-order valence-corrected chi connectivity index (χ2v) is 14.8. The Morgan fingerprint density at radius 3 is 2.36 bits per heavy atom. The van der Waals surface area contributed by atoms with E-state index in [1.807, 2.05) is 39.8 Å². The molecule has 4 N–H and O–H groups in total. The number of H-pyrrole nitrogens is 1. The second-order valence-electron chi connectivity index (χ2n) is 12.4. The number of rotatable bonds is 13. The fourth-order valence-corrected chi connectivity index (χ4v) is 7.48. The average molecular weight is 779 g/mol. The molecule has 0 aliphatic rings. The van der Waals surface area contributed by atoms with Gasteiger partial charge >= 0.3 is 0 Å². The number of nitrogens with one attached hydrogen (secondary N) is 4. The summed E-state index contributed by atoms with van der Waals surface area (Å²) < 4.78 is 40.5. The van der Waals surface area contributed by atoms with Crippen molar-refractivity contribution in [1.29, 1.82) is 0 Å². The minimum atomic E-state index is -4.56. The van der Waals surface area contributed by atoms with Crippen LogP contribution in [0.25, 0.3) is 22.0 Å². The lowest BCUT2D eigenvalue weighted by Crippen LogP contribution is -2.31. The molecule has 53 heavy (non-hydrogen) atoms. The highest BCUT2D eigenvalue weighted by Gasteiger charge is 2.29. The number of fused-ring (bicyclic) bond motifs is 1. The first kappa shape index (κ1) is 37.4. The van der Waals surface area contributed by atoms with Crippen LogP contribution in [0, 0.1) is 27.7 Å². The van der Waals surface area contributed by atoms with Crippen LogP contribution >= 0.6 is 23.2 Å². The van der Waals surface area contributed by atoms with E-state index in [0.717, 1.165) is 34.0 Å². The van der Waals surface area contributed by atoms with E-state index >= 15 is 0 Å². The third-order valence-corrected chi connectivity index (χ3v) is 10.9. The molecule has 16 heteroatoms. The van der Waals surface area contributed by atoms with Crippen molar-refractivity contribution < 1.29 is 27.2 Å². The van der Waals surface area contributed by atoms with Gasteiger partial charge in [-0.15, -0.1) is 0 Å². The fourth-order valence-electron chi connectivity index (χ4n) is 6.22. The van der Waals surface area contributed by atoms with Crippen LogP contribution in [-0.2, 0) is 23.0 Å². The highest BCUT2D eigenvalue weighted by molar-refractivity contribution is 7.90. The number of furan rings is 1. The second kappa shape index (κ2) is 15.3. The van der Waals surface area contributed by atoms with Crippen LogP contribution in [0.1, 0.15) is 61.1 Å². The van der Waals surface area contributed by atoms with E-state index in [1.165, 1.54) is 6.07 Å². The van der Waals surface area contributed by atoms with Crippen LogP contribution in [0.2, 0.25) is 10.0 Å². The molecule has 0 saturated heterocycles. The van der Waals surface area contributed by atoms with Crippen molar-refractivity contribution in [3.05, 3.63) is 116 Å². The zero-order chi connectivity index (χ0) is 38.0. The summed E-state index contributed by atoms with van der Waals surface area (Å²) in [6.45, 7) is 8.03. The molecule has 0 unspecified atom stereocenters. The predicted molar refractivity (Wildman–Crippen MR) is 203 cm³/mol. The Balaban J connectivity index is 1.30. The topological polar surface area (TPSA) is 173 Å². The number of halogens is 2. The molecule has 0 aliphatic heterocycles. The van der Waals surface area contributed by atoms with Crippen LogP contribution in [0.5, 0.6) is 5.75 Å². The highest BCUT2D eigenvalue weighted by atomic mass is 35.5. The number of carbonyl (C=O) groups is 2. The zero-order valence-electron chi connectivity index (χ0n) is 29.6. The molecule has 0 aliphatic carbocycles. The first-order valence-electron chi connectivity index (χ1n) is 16.6. The maximum atomic E-state index is 14.0. The molecular formula is C37H37Cl2N7O6S. The summed E-state index contributed by atoms with van der Waals surface area (Å²) >= 11 is 13.2. The number of ether oxygens (including phenoxy) is 1. The monoisotopic (exact) mass is 777 g/mol. The lowest BCUT2D eigenvalue weighted by molar-refractivity contribution is 0.0917.